The van der Waals surface area contributed by atoms with Crippen LogP contribution in [0.5, 0.6) is 0 Å². The number of aryl methyl sites for hydroxylation is 2. The standard InChI is InChI=1S/C14H24N2O/c1-5-17-14(9-15)10-16(4)13-7-11(2)6-12(3)8-13/h6-8,14H,5,9-10,15H2,1-4H3. The van der Waals surface area contributed by atoms with Gasteiger partial charge in [-0.1, -0.05) is 6.07 Å². The van der Waals surface area contributed by atoms with E-state index in [9.17, 15) is 0 Å². The molecular formula is C14H24N2O. The third-order valence-electron chi connectivity index (χ3n) is 2.79. The van der Waals surface area contributed by atoms with Crippen molar-refractivity contribution in [1.29, 1.82) is 0 Å². The van der Waals surface area contributed by atoms with Crippen molar-refractivity contribution in [2.45, 2.75) is 26.9 Å². The molecule has 1 atom stereocenters. The van der Waals surface area contributed by atoms with Crippen LogP contribution in [0.1, 0.15) is 18.1 Å². The summed E-state index contributed by atoms with van der Waals surface area (Å²) in [4.78, 5) is 2.20. The molecule has 17 heavy (non-hydrogen) atoms. The summed E-state index contributed by atoms with van der Waals surface area (Å²) in [6, 6.07) is 6.55. The second-order valence-electron chi connectivity index (χ2n) is 4.54. The van der Waals surface area contributed by atoms with Gasteiger partial charge in [-0.2, -0.15) is 0 Å². The van der Waals surface area contributed by atoms with Crippen molar-refractivity contribution in [2.24, 2.45) is 5.73 Å². The van der Waals surface area contributed by atoms with Gasteiger partial charge in [-0.15, -0.1) is 0 Å². The summed E-state index contributed by atoms with van der Waals surface area (Å²) in [5, 5.41) is 0. The third-order valence-corrected chi connectivity index (χ3v) is 2.79. The SMILES string of the molecule is CCOC(CN)CN(C)c1cc(C)cc(C)c1. The van der Waals surface area contributed by atoms with Crippen LogP contribution in [0.2, 0.25) is 0 Å². The van der Waals surface area contributed by atoms with Crippen molar-refractivity contribution in [3.63, 3.8) is 0 Å². The first-order valence-electron chi connectivity index (χ1n) is 6.18. The Bertz CT molecular complexity index is 332. The molecule has 1 aromatic rings. The zero-order valence-electron chi connectivity index (χ0n) is 11.4. The van der Waals surface area contributed by atoms with Gasteiger partial charge in [0.1, 0.15) is 0 Å². The van der Waals surface area contributed by atoms with Gasteiger partial charge in [-0.25, -0.2) is 0 Å². The van der Waals surface area contributed by atoms with Crippen LogP contribution in [0, 0.1) is 13.8 Å². The first-order chi connectivity index (χ1) is 8.06. The summed E-state index contributed by atoms with van der Waals surface area (Å²) in [6.07, 6.45) is 0.103. The monoisotopic (exact) mass is 236 g/mol. The number of rotatable bonds is 6. The van der Waals surface area contributed by atoms with E-state index in [4.69, 9.17) is 10.5 Å². The van der Waals surface area contributed by atoms with Gasteiger partial charge in [0.05, 0.1) is 6.10 Å². The molecule has 0 heterocycles. The number of nitrogens with two attached hydrogens (primary N) is 1. The van der Waals surface area contributed by atoms with E-state index in [0.717, 1.165) is 6.54 Å². The minimum atomic E-state index is 0.103. The number of anilines is 1. The van der Waals surface area contributed by atoms with Crippen LogP contribution in [0.25, 0.3) is 0 Å². The highest BCUT2D eigenvalue weighted by molar-refractivity contribution is 5.50. The molecule has 1 unspecified atom stereocenters. The topological polar surface area (TPSA) is 38.5 Å². The third kappa shape index (κ3) is 4.36. The summed E-state index contributed by atoms with van der Waals surface area (Å²) < 4.78 is 5.58. The lowest BCUT2D eigenvalue weighted by atomic mass is 10.1. The van der Waals surface area contributed by atoms with Crippen LogP contribution in [-0.2, 0) is 4.74 Å². The molecule has 1 rings (SSSR count). The average molecular weight is 236 g/mol. The number of benzene rings is 1. The molecule has 0 aromatic heterocycles. The Hall–Kier alpha value is -1.06. The van der Waals surface area contributed by atoms with Crippen LogP contribution in [0.3, 0.4) is 0 Å². The molecule has 3 nitrogen and oxygen atoms in total. The number of hydrogen-bond acceptors (Lipinski definition) is 3. The van der Waals surface area contributed by atoms with E-state index in [1.165, 1.54) is 16.8 Å². The highest BCUT2D eigenvalue weighted by Crippen LogP contribution is 2.17. The Labute approximate surface area is 105 Å². The van der Waals surface area contributed by atoms with E-state index >= 15 is 0 Å². The van der Waals surface area contributed by atoms with Crippen molar-refractivity contribution in [3.8, 4) is 0 Å². The second-order valence-corrected chi connectivity index (χ2v) is 4.54. The molecule has 0 aliphatic rings. The van der Waals surface area contributed by atoms with Crippen LogP contribution >= 0.6 is 0 Å². The zero-order valence-corrected chi connectivity index (χ0v) is 11.4. The zero-order chi connectivity index (χ0) is 12.8. The van der Waals surface area contributed by atoms with Gasteiger partial charge in [-0.3, -0.25) is 0 Å². The first kappa shape index (κ1) is 14.0. The van der Waals surface area contributed by atoms with Gasteiger partial charge >= 0.3 is 0 Å². The van der Waals surface area contributed by atoms with Crippen molar-refractivity contribution in [2.75, 3.05) is 31.6 Å². The highest BCUT2D eigenvalue weighted by Gasteiger charge is 2.10. The summed E-state index contributed by atoms with van der Waals surface area (Å²) >= 11 is 0. The lowest BCUT2D eigenvalue weighted by molar-refractivity contribution is 0.0745. The molecule has 0 aliphatic carbocycles. The van der Waals surface area contributed by atoms with Gasteiger partial charge in [0.2, 0.25) is 0 Å². The van der Waals surface area contributed by atoms with E-state index < -0.39 is 0 Å². The van der Waals surface area contributed by atoms with Crippen molar-refractivity contribution in [3.05, 3.63) is 29.3 Å². The molecule has 0 aliphatic heterocycles. The molecule has 3 heteroatoms. The second kappa shape index (κ2) is 6.62. The van der Waals surface area contributed by atoms with Crippen molar-refractivity contribution in [1.82, 2.24) is 0 Å². The molecule has 0 bridgehead atoms. The first-order valence-corrected chi connectivity index (χ1v) is 6.18. The van der Waals surface area contributed by atoms with Crippen molar-refractivity contribution >= 4 is 5.69 Å². The molecular weight excluding hydrogens is 212 g/mol. The number of nitrogens with zero attached hydrogens (tertiary/aromatic N) is 1. The van der Waals surface area contributed by atoms with Crippen LogP contribution in [0.15, 0.2) is 18.2 Å². The maximum atomic E-state index is 5.69. The molecule has 0 saturated carbocycles. The van der Waals surface area contributed by atoms with E-state index in [1.807, 2.05) is 6.92 Å². The fraction of sp³-hybridized carbons (Fsp3) is 0.571. The Kier molecular flexibility index (Phi) is 5.45. The molecule has 0 amide bonds. The molecule has 0 radical (unpaired) electrons. The van der Waals surface area contributed by atoms with Crippen molar-refractivity contribution < 1.29 is 4.74 Å². The summed E-state index contributed by atoms with van der Waals surface area (Å²) in [5.74, 6) is 0. The van der Waals surface area contributed by atoms with Crippen LogP contribution in [0.4, 0.5) is 5.69 Å². The highest BCUT2D eigenvalue weighted by atomic mass is 16.5. The Morgan fingerprint density at radius 3 is 2.29 bits per heavy atom. The van der Waals surface area contributed by atoms with Gasteiger partial charge in [0.15, 0.2) is 0 Å². The fourth-order valence-corrected chi connectivity index (χ4v) is 2.01. The Morgan fingerprint density at radius 2 is 1.82 bits per heavy atom. The number of ether oxygens (including phenoxy) is 1. The maximum absolute atomic E-state index is 5.69. The van der Waals surface area contributed by atoms with Gasteiger partial charge in [0.25, 0.3) is 0 Å². The largest absolute Gasteiger partial charge is 0.375 e. The summed E-state index contributed by atoms with van der Waals surface area (Å²) in [5.41, 5.74) is 9.49. The lowest BCUT2D eigenvalue weighted by Crippen LogP contribution is -2.36. The number of likely N-dealkylation sites (N-methyl/N-ethyl adjacent to an activating group) is 1. The Balaban J connectivity index is 2.71. The molecule has 2 N–H and O–H groups in total. The van der Waals surface area contributed by atoms with Crippen LogP contribution in [-0.4, -0.2) is 32.8 Å². The predicted molar refractivity (Wildman–Crippen MR) is 73.7 cm³/mol. The smallest absolute Gasteiger partial charge is 0.0871 e. The van der Waals surface area contributed by atoms with Crippen LogP contribution < -0.4 is 10.6 Å². The minimum absolute atomic E-state index is 0.103. The lowest BCUT2D eigenvalue weighted by Gasteiger charge is -2.25. The maximum Gasteiger partial charge on any atom is 0.0871 e. The molecule has 0 saturated heterocycles. The predicted octanol–water partition coefficient (Wildman–Crippen LogP) is 2.10. The number of hydrogen-bond donors (Lipinski definition) is 1. The van der Waals surface area contributed by atoms with E-state index in [1.54, 1.807) is 0 Å². The summed E-state index contributed by atoms with van der Waals surface area (Å²) in [6.45, 7) is 8.33. The van der Waals surface area contributed by atoms with Gasteiger partial charge in [-0.05, 0) is 44.0 Å². The molecule has 96 valence electrons. The Morgan fingerprint density at radius 1 is 1.24 bits per heavy atom. The molecule has 0 spiro atoms. The van der Waals surface area contributed by atoms with E-state index in [0.29, 0.717) is 13.2 Å². The minimum Gasteiger partial charge on any atom is -0.375 e. The molecule has 0 fully saturated rings. The normalized spacial score (nSPS) is 12.5. The van der Waals surface area contributed by atoms with E-state index in [-0.39, 0.29) is 6.10 Å². The fourth-order valence-electron chi connectivity index (χ4n) is 2.01. The molecule has 1 aromatic carbocycles. The van der Waals surface area contributed by atoms with Gasteiger partial charge < -0.3 is 15.4 Å². The quantitative estimate of drug-likeness (QED) is 0.822. The summed E-state index contributed by atoms with van der Waals surface area (Å²) in [7, 11) is 2.08. The van der Waals surface area contributed by atoms with E-state index in [2.05, 4.69) is 44.0 Å². The van der Waals surface area contributed by atoms with Gasteiger partial charge in [0, 0.05) is 32.4 Å². The average Bonchev–Trinajstić information content (AvgIpc) is 2.27.